The first-order valence-corrected chi connectivity index (χ1v) is 14.9. The Morgan fingerprint density at radius 3 is 2.37 bits per heavy atom. The molecule has 0 spiro atoms. The Kier molecular flexibility index (Phi) is 8.56. The number of carbonyl (C=O) groups excluding carboxylic acids is 1. The van der Waals surface area contributed by atoms with Crippen LogP contribution < -0.4 is 9.46 Å². The van der Waals surface area contributed by atoms with Crippen LogP contribution in [0.2, 0.25) is 5.02 Å². The van der Waals surface area contributed by atoms with E-state index >= 15 is 0 Å². The van der Waals surface area contributed by atoms with Crippen molar-refractivity contribution in [1.82, 2.24) is 9.55 Å². The smallest absolute Gasteiger partial charge is 0.305 e. The lowest BCUT2D eigenvalue weighted by Crippen LogP contribution is -2.12. The van der Waals surface area contributed by atoms with Crippen molar-refractivity contribution in [1.29, 1.82) is 0 Å². The molecule has 1 N–H and O–H groups in total. The van der Waals surface area contributed by atoms with E-state index in [1.807, 2.05) is 65.2 Å². The molecule has 5 rings (SSSR count). The maximum atomic E-state index is 12.8. The van der Waals surface area contributed by atoms with Crippen LogP contribution in [0, 0.1) is 0 Å². The van der Waals surface area contributed by atoms with E-state index in [2.05, 4.69) is 9.46 Å². The zero-order chi connectivity index (χ0) is 28.8. The van der Waals surface area contributed by atoms with Crippen LogP contribution in [-0.2, 0) is 19.6 Å². The van der Waals surface area contributed by atoms with Gasteiger partial charge in [0.2, 0.25) is 0 Å². The van der Waals surface area contributed by atoms with E-state index in [-0.39, 0.29) is 10.9 Å². The van der Waals surface area contributed by atoms with Crippen LogP contribution in [0.1, 0.15) is 19.3 Å². The molecular weight excluding hydrogens is 562 g/mol. The van der Waals surface area contributed by atoms with Gasteiger partial charge in [0.15, 0.2) is 0 Å². The summed E-state index contributed by atoms with van der Waals surface area (Å²) >= 11 is 5.90. The lowest BCUT2D eigenvalue weighted by Gasteiger charge is -2.13. The normalized spacial score (nSPS) is 11.4. The van der Waals surface area contributed by atoms with Gasteiger partial charge in [0.25, 0.3) is 10.0 Å². The number of fused-ring (bicyclic) bond motifs is 1. The average Bonchev–Trinajstić information content (AvgIpc) is 3.36. The summed E-state index contributed by atoms with van der Waals surface area (Å²) in [7, 11) is -2.39. The second kappa shape index (κ2) is 12.4. The van der Waals surface area contributed by atoms with Crippen LogP contribution >= 0.6 is 11.6 Å². The van der Waals surface area contributed by atoms with E-state index in [1.54, 1.807) is 12.1 Å². The number of methoxy groups -OCH3 is 1. The van der Waals surface area contributed by atoms with Gasteiger partial charge in [-0.15, -0.1) is 0 Å². The van der Waals surface area contributed by atoms with Crippen molar-refractivity contribution in [3.63, 3.8) is 0 Å². The van der Waals surface area contributed by atoms with Crippen LogP contribution in [-0.4, -0.2) is 37.7 Å². The van der Waals surface area contributed by atoms with E-state index in [4.69, 9.17) is 21.3 Å². The van der Waals surface area contributed by atoms with E-state index in [1.165, 1.54) is 31.4 Å². The lowest BCUT2D eigenvalue weighted by atomic mass is 10.2. The van der Waals surface area contributed by atoms with Gasteiger partial charge < -0.3 is 9.47 Å². The first kappa shape index (κ1) is 28.2. The summed E-state index contributed by atoms with van der Waals surface area (Å²) in [6.45, 7) is 0.463. The highest BCUT2D eigenvalue weighted by Crippen LogP contribution is 2.31. The van der Waals surface area contributed by atoms with Crippen LogP contribution in [0.5, 0.6) is 5.75 Å². The molecule has 0 bridgehead atoms. The van der Waals surface area contributed by atoms with Crippen LogP contribution in [0.3, 0.4) is 0 Å². The molecule has 41 heavy (non-hydrogen) atoms. The van der Waals surface area contributed by atoms with E-state index in [0.29, 0.717) is 35.9 Å². The quantitative estimate of drug-likeness (QED) is 0.133. The Morgan fingerprint density at radius 2 is 1.66 bits per heavy atom. The number of anilines is 1. The molecule has 10 heteroatoms. The number of halogens is 1. The number of nitrogens with one attached hydrogen (secondary N) is 1. The number of benzene rings is 4. The van der Waals surface area contributed by atoms with Crippen molar-refractivity contribution in [3.8, 4) is 22.8 Å². The van der Waals surface area contributed by atoms with Crippen LogP contribution in [0.25, 0.3) is 28.1 Å². The number of ether oxygens (including phenoxy) is 2. The standard InChI is InChI=1S/C31H28ClN3O5S/c1-39-30(36)9-5-6-20-40-26-16-19-28-29(21-26)35(31(33-28)22-7-3-2-4-8-22)25-14-12-24(13-15-25)34-41(37,38)27-17-10-23(32)11-18-27/h2-4,7-8,10-19,21,34H,5-6,9,20H2,1H3. The zero-order valence-corrected chi connectivity index (χ0v) is 23.9. The number of carbonyl (C=O) groups is 1. The Hall–Kier alpha value is -4.34. The third kappa shape index (κ3) is 6.70. The Labute approximate surface area is 243 Å². The number of aromatic nitrogens is 2. The summed E-state index contributed by atoms with van der Waals surface area (Å²) in [5, 5.41) is 0.460. The van der Waals surface area contributed by atoms with E-state index < -0.39 is 10.0 Å². The molecule has 0 saturated heterocycles. The summed E-state index contributed by atoms with van der Waals surface area (Å²) in [5.41, 5.74) is 3.78. The van der Waals surface area contributed by atoms with Crippen molar-refractivity contribution in [2.24, 2.45) is 0 Å². The molecule has 0 fully saturated rings. The van der Waals surface area contributed by atoms with Gasteiger partial charge in [-0.05, 0) is 73.5 Å². The second-order valence-corrected chi connectivity index (χ2v) is 11.4. The number of rotatable bonds is 11. The van der Waals surface area contributed by atoms with Crippen LogP contribution in [0.15, 0.2) is 102 Å². The first-order chi connectivity index (χ1) is 19.8. The highest BCUT2D eigenvalue weighted by Gasteiger charge is 2.17. The number of nitrogens with zero attached hydrogens (tertiary/aromatic N) is 2. The molecule has 0 aliphatic carbocycles. The molecule has 4 aromatic carbocycles. The van der Waals surface area contributed by atoms with Gasteiger partial charge in [0.1, 0.15) is 11.6 Å². The van der Waals surface area contributed by atoms with E-state index in [9.17, 15) is 13.2 Å². The van der Waals surface area contributed by atoms with Crippen molar-refractivity contribution in [2.45, 2.75) is 24.2 Å². The van der Waals surface area contributed by atoms with Crippen molar-refractivity contribution in [3.05, 3.63) is 102 Å². The number of hydrogen-bond donors (Lipinski definition) is 1. The predicted molar refractivity (Wildman–Crippen MR) is 160 cm³/mol. The molecule has 5 aromatic rings. The summed E-state index contributed by atoms with van der Waals surface area (Å²) in [6, 6.07) is 28.7. The number of sulfonamides is 1. The third-order valence-electron chi connectivity index (χ3n) is 6.43. The van der Waals surface area contributed by atoms with Gasteiger partial charge in [-0.2, -0.15) is 0 Å². The van der Waals surface area contributed by atoms with Crippen molar-refractivity contribution in [2.75, 3.05) is 18.4 Å². The molecule has 210 valence electrons. The Morgan fingerprint density at radius 1 is 0.927 bits per heavy atom. The Balaban J connectivity index is 1.43. The minimum atomic E-state index is -3.78. The van der Waals surface area contributed by atoms with Gasteiger partial charge in [-0.25, -0.2) is 13.4 Å². The highest BCUT2D eigenvalue weighted by atomic mass is 35.5. The fourth-order valence-electron chi connectivity index (χ4n) is 4.36. The highest BCUT2D eigenvalue weighted by molar-refractivity contribution is 7.92. The fourth-order valence-corrected chi connectivity index (χ4v) is 5.54. The molecule has 0 aliphatic heterocycles. The number of esters is 1. The number of hydrogen-bond acceptors (Lipinski definition) is 6. The molecule has 1 heterocycles. The number of unbranched alkanes of at least 4 members (excludes halogenated alkanes) is 1. The largest absolute Gasteiger partial charge is 0.494 e. The minimum Gasteiger partial charge on any atom is -0.494 e. The summed E-state index contributed by atoms with van der Waals surface area (Å²) in [6.07, 6.45) is 1.76. The average molecular weight is 590 g/mol. The topological polar surface area (TPSA) is 99.5 Å². The van der Waals surface area contributed by atoms with Crippen molar-refractivity contribution >= 4 is 44.3 Å². The minimum absolute atomic E-state index is 0.121. The molecule has 0 aliphatic rings. The van der Waals surface area contributed by atoms with Crippen LogP contribution in [0.4, 0.5) is 5.69 Å². The fraction of sp³-hybridized carbons (Fsp3) is 0.161. The van der Waals surface area contributed by atoms with Gasteiger partial charge in [0, 0.05) is 34.4 Å². The number of imidazole rings is 1. The van der Waals surface area contributed by atoms with Gasteiger partial charge in [-0.1, -0.05) is 41.9 Å². The maximum Gasteiger partial charge on any atom is 0.305 e. The van der Waals surface area contributed by atoms with E-state index in [0.717, 1.165) is 34.5 Å². The SMILES string of the molecule is COC(=O)CCCCOc1ccc2nc(-c3ccccc3)n(-c3ccc(NS(=O)(=O)c4ccc(Cl)cc4)cc3)c2c1. The molecule has 8 nitrogen and oxygen atoms in total. The molecule has 0 radical (unpaired) electrons. The lowest BCUT2D eigenvalue weighted by molar-refractivity contribution is -0.140. The molecule has 1 aromatic heterocycles. The molecule has 0 unspecified atom stereocenters. The Bertz CT molecular complexity index is 1750. The molecular formula is C31H28ClN3O5S. The predicted octanol–water partition coefficient (Wildman–Crippen LogP) is 6.87. The molecule has 0 amide bonds. The second-order valence-electron chi connectivity index (χ2n) is 9.28. The third-order valence-corrected chi connectivity index (χ3v) is 8.08. The first-order valence-electron chi connectivity index (χ1n) is 13.0. The van der Waals surface area contributed by atoms with Gasteiger partial charge >= 0.3 is 5.97 Å². The van der Waals surface area contributed by atoms with Gasteiger partial charge in [0.05, 0.1) is 29.6 Å². The molecule has 0 saturated carbocycles. The van der Waals surface area contributed by atoms with Gasteiger partial charge in [-0.3, -0.25) is 14.1 Å². The summed E-state index contributed by atoms with van der Waals surface area (Å²) in [5.74, 6) is 1.20. The summed E-state index contributed by atoms with van der Waals surface area (Å²) < 4.78 is 41.0. The summed E-state index contributed by atoms with van der Waals surface area (Å²) in [4.78, 5) is 16.4. The zero-order valence-electron chi connectivity index (χ0n) is 22.3. The monoisotopic (exact) mass is 589 g/mol. The van der Waals surface area contributed by atoms with Crippen molar-refractivity contribution < 1.29 is 22.7 Å². The maximum absolute atomic E-state index is 12.8. The molecule has 0 atom stereocenters.